The first-order valence-corrected chi connectivity index (χ1v) is 11.0. The van der Waals surface area contributed by atoms with Gasteiger partial charge in [-0.25, -0.2) is 8.42 Å². The number of rotatable bonds is 8. The van der Waals surface area contributed by atoms with Crippen LogP contribution in [0.2, 0.25) is 0 Å². The summed E-state index contributed by atoms with van der Waals surface area (Å²) in [6.07, 6.45) is -4.86. The number of sulfonamides is 1. The van der Waals surface area contributed by atoms with Gasteiger partial charge in [-0.15, -0.1) is 13.2 Å². The Balaban J connectivity index is 2.33. The molecule has 0 saturated carbocycles. The second-order valence-corrected chi connectivity index (χ2v) is 8.79. The fourth-order valence-electron chi connectivity index (χ4n) is 3.12. The molecule has 2 aromatic rings. The number of hydrogen-bond donors (Lipinski definition) is 0. The summed E-state index contributed by atoms with van der Waals surface area (Å²) in [6, 6.07) is 9.87. The van der Waals surface area contributed by atoms with Crippen molar-refractivity contribution in [3.63, 3.8) is 0 Å². The molecule has 0 aromatic heterocycles. The number of halogens is 3. The first-order chi connectivity index (χ1) is 14.4. The number of aryl methyl sites for hydroxylation is 1. The second-order valence-electron chi connectivity index (χ2n) is 6.89. The van der Waals surface area contributed by atoms with E-state index in [1.165, 1.54) is 58.7 Å². The van der Waals surface area contributed by atoms with E-state index in [0.29, 0.717) is 5.56 Å². The standard InChI is InChI=1S/C21H25F3N2O4S/c1-5-26(6-2)31(28,29)19-13-16(12-11-15(19)3)20(27)25(4)14-17-9-7-8-10-18(17)30-21(22,23)24/h7-13H,5-6,14H2,1-4H3. The molecule has 0 aliphatic carbocycles. The van der Waals surface area contributed by atoms with Crippen LogP contribution in [0.3, 0.4) is 0 Å². The average Bonchev–Trinajstić information content (AvgIpc) is 2.68. The summed E-state index contributed by atoms with van der Waals surface area (Å²) >= 11 is 0. The highest BCUT2D eigenvalue weighted by Gasteiger charge is 2.32. The Bertz CT molecular complexity index is 1040. The lowest BCUT2D eigenvalue weighted by molar-refractivity contribution is -0.275. The lowest BCUT2D eigenvalue weighted by Gasteiger charge is -2.22. The van der Waals surface area contributed by atoms with E-state index in [9.17, 15) is 26.4 Å². The number of alkyl halides is 3. The molecule has 0 N–H and O–H groups in total. The molecule has 0 atom stereocenters. The van der Waals surface area contributed by atoms with Crippen LogP contribution >= 0.6 is 0 Å². The molecule has 6 nitrogen and oxygen atoms in total. The molecule has 0 spiro atoms. The fourth-order valence-corrected chi connectivity index (χ4v) is 4.83. The van der Waals surface area contributed by atoms with Gasteiger partial charge in [-0.2, -0.15) is 4.31 Å². The average molecular weight is 459 g/mol. The molecular formula is C21H25F3N2O4S. The van der Waals surface area contributed by atoms with E-state index in [1.54, 1.807) is 20.8 Å². The SMILES string of the molecule is CCN(CC)S(=O)(=O)c1cc(C(=O)N(C)Cc2ccccc2OC(F)(F)F)ccc1C. The first kappa shape index (κ1) is 24.7. The largest absolute Gasteiger partial charge is 0.573 e. The van der Waals surface area contributed by atoms with Gasteiger partial charge >= 0.3 is 6.36 Å². The van der Waals surface area contributed by atoms with Gasteiger partial charge in [0, 0.05) is 37.8 Å². The Hall–Kier alpha value is -2.59. The Morgan fingerprint density at radius 2 is 1.68 bits per heavy atom. The minimum absolute atomic E-state index is 0.0243. The van der Waals surface area contributed by atoms with E-state index in [1.807, 2.05) is 0 Å². The van der Waals surface area contributed by atoms with Crippen LogP contribution in [-0.2, 0) is 16.6 Å². The van der Waals surface area contributed by atoms with E-state index >= 15 is 0 Å². The fraction of sp³-hybridized carbons (Fsp3) is 0.381. The van der Waals surface area contributed by atoms with E-state index in [2.05, 4.69) is 4.74 Å². The van der Waals surface area contributed by atoms with Gasteiger partial charge in [-0.3, -0.25) is 4.79 Å². The molecule has 10 heteroatoms. The molecule has 0 aliphatic rings. The Kier molecular flexibility index (Phi) is 7.72. The Morgan fingerprint density at radius 1 is 1.06 bits per heavy atom. The van der Waals surface area contributed by atoms with Crippen molar-refractivity contribution in [3.05, 3.63) is 59.2 Å². The van der Waals surface area contributed by atoms with E-state index in [4.69, 9.17) is 0 Å². The molecule has 0 bridgehead atoms. The number of hydrogen-bond acceptors (Lipinski definition) is 4. The monoisotopic (exact) mass is 458 g/mol. The van der Waals surface area contributed by atoms with Gasteiger partial charge in [0.2, 0.25) is 10.0 Å². The van der Waals surface area contributed by atoms with Gasteiger partial charge in [0.05, 0.1) is 4.90 Å². The quantitative estimate of drug-likeness (QED) is 0.595. The number of amides is 1. The minimum atomic E-state index is -4.86. The van der Waals surface area contributed by atoms with Crippen LogP contribution < -0.4 is 4.74 Å². The molecule has 1 amide bonds. The predicted molar refractivity (Wildman–Crippen MR) is 110 cm³/mol. The Labute approximate surface area is 180 Å². The summed E-state index contributed by atoms with van der Waals surface area (Å²) in [5.74, 6) is -0.929. The maximum Gasteiger partial charge on any atom is 0.573 e. The van der Waals surface area contributed by atoms with Crippen LogP contribution in [0.5, 0.6) is 5.75 Å². The zero-order valence-corrected chi connectivity index (χ0v) is 18.5. The highest BCUT2D eigenvalue weighted by Crippen LogP contribution is 2.28. The highest BCUT2D eigenvalue weighted by molar-refractivity contribution is 7.89. The molecule has 170 valence electrons. The third kappa shape index (κ3) is 5.98. The topological polar surface area (TPSA) is 66.9 Å². The molecule has 0 heterocycles. The predicted octanol–water partition coefficient (Wildman–Crippen LogP) is 4.20. The summed E-state index contributed by atoms with van der Waals surface area (Å²) < 4.78 is 69.0. The second kappa shape index (κ2) is 9.69. The van der Waals surface area contributed by atoms with Gasteiger partial charge in [0.15, 0.2) is 0 Å². The summed E-state index contributed by atoms with van der Waals surface area (Å²) in [7, 11) is -2.36. The van der Waals surface area contributed by atoms with E-state index in [0.717, 1.165) is 0 Å². The number of carbonyl (C=O) groups is 1. The maximum atomic E-state index is 12.9. The molecule has 2 rings (SSSR count). The first-order valence-electron chi connectivity index (χ1n) is 9.60. The van der Waals surface area contributed by atoms with E-state index < -0.39 is 28.0 Å². The maximum absolute atomic E-state index is 12.9. The van der Waals surface area contributed by atoms with Crippen LogP contribution in [0.1, 0.15) is 35.3 Å². The lowest BCUT2D eigenvalue weighted by atomic mass is 10.1. The van der Waals surface area contributed by atoms with Crippen LogP contribution in [-0.4, -0.2) is 50.0 Å². The molecule has 0 fully saturated rings. The molecular weight excluding hydrogens is 433 g/mol. The van der Waals surface area contributed by atoms with Gasteiger partial charge in [0.25, 0.3) is 5.91 Å². The van der Waals surface area contributed by atoms with Crippen LogP contribution in [0.4, 0.5) is 13.2 Å². The zero-order chi connectivity index (χ0) is 23.4. The van der Waals surface area contributed by atoms with Crippen molar-refractivity contribution in [2.45, 2.75) is 38.6 Å². The minimum Gasteiger partial charge on any atom is -0.405 e. The lowest BCUT2D eigenvalue weighted by Crippen LogP contribution is -2.32. The molecule has 0 unspecified atom stereocenters. The third-order valence-corrected chi connectivity index (χ3v) is 6.90. The van der Waals surface area contributed by atoms with Crippen molar-refractivity contribution in [1.82, 2.24) is 9.21 Å². The summed E-state index contributed by atoms with van der Waals surface area (Å²) in [6.45, 7) is 5.49. The molecule has 0 aliphatic heterocycles. The molecule has 31 heavy (non-hydrogen) atoms. The van der Waals surface area contributed by atoms with Crippen molar-refractivity contribution in [2.75, 3.05) is 20.1 Å². The van der Waals surface area contributed by atoms with Crippen molar-refractivity contribution < 1.29 is 31.1 Å². The summed E-state index contributed by atoms with van der Waals surface area (Å²) in [5.41, 5.74) is 0.779. The van der Waals surface area contributed by atoms with Gasteiger partial charge in [-0.1, -0.05) is 38.1 Å². The smallest absolute Gasteiger partial charge is 0.405 e. The normalized spacial score (nSPS) is 12.1. The highest BCUT2D eigenvalue weighted by atomic mass is 32.2. The number of ether oxygens (including phenoxy) is 1. The van der Waals surface area contributed by atoms with Crippen molar-refractivity contribution in [3.8, 4) is 5.75 Å². The van der Waals surface area contributed by atoms with Crippen molar-refractivity contribution in [2.24, 2.45) is 0 Å². The zero-order valence-electron chi connectivity index (χ0n) is 17.7. The summed E-state index contributed by atoms with van der Waals surface area (Å²) in [4.78, 5) is 14.1. The van der Waals surface area contributed by atoms with Gasteiger partial charge in [0.1, 0.15) is 5.75 Å². The number of para-hydroxylation sites is 1. The third-order valence-electron chi connectivity index (χ3n) is 4.71. The van der Waals surface area contributed by atoms with Gasteiger partial charge in [-0.05, 0) is 30.7 Å². The number of benzene rings is 2. The van der Waals surface area contributed by atoms with E-state index in [-0.39, 0.29) is 35.7 Å². The number of carbonyl (C=O) groups excluding carboxylic acids is 1. The van der Waals surface area contributed by atoms with Crippen LogP contribution in [0.15, 0.2) is 47.4 Å². The number of nitrogens with zero attached hydrogens (tertiary/aromatic N) is 2. The Morgan fingerprint density at radius 3 is 2.26 bits per heavy atom. The molecule has 0 radical (unpaired) electrons. The molecule has 2 aromatic carbocycles. The van der Waals surface area contributed by atoms with Crippen LogP contribution in [0, 0.1) is 6.92 Å². The van der Waals surface area contributed by atoms with Gasteiger partial charge < -0.3 is 9.64 Å². The summed E-state index contributed by atoms with van der Waals surface area (Å²) in [5, 5.41) is 0. The van der Waals surface area contributed by atoms with Crippen molar-refractivity contribution >= 4 is 15.9 Å². The van der Waals surface area contributed by atoms with Crippen molar-refractivity contribution in [1.29, 1.82) is 0 Å². The van der Waals surface area contributed by atoms with Crippen LogP contribution in [0.25, 0.3) is 0 Å². The molecule has 0 saturated heterocycles.